The maximum Gasteiger partial charge on any atom is 0.231 e. The molecule has 0 bridgehead atoms. The monoisotopic (exact) mass is 388 g/mol. The highest BCUT2D eigenvalue weighted by Crippen LogP contribution is 2.33. The van der Waals surface area contributed by atoms with Gasteiger partial charge in [-0.1, -0.05) is 6.07 Å². The molecule has 4 rings (SSSR count). The Hall–Kier alpha value is -2.61. The number of benzene rings is 1. The molecule has 0 saturated carbocycles. The van der Waals surface area contributed by atoms with Crippen LogP contribution in [0.25, 0.3) is 0 Å². The number of fused-ring (bicyclic) bond motifs is 1. The molecule has 0 aliphatic carbocycles. The molecule has 1 aromatic carbocycles. The van der Waals surface area contributed by atoms with Gasteiger partial charge in [0.15, 0.2) is 21.3 Å². The summed E-state index contributed by atoms with van der Waals surface area (Å²) in [5, 5.41) is 0. The van der Waals surface area contributed by atoms with Crippen molar-refractivity contribution in [2.24, 2.45) is 5.92 Å². The van der Waals surface area contributed by atoms with Crippen LogP contribution in [0.5, 0.6) is 11.5 Å². The van der Waals surface area contributed by atoms with Gasteiger partial charge < -0.3 is 14.4 Å². The fourth-order valence-electron chi connectivity index (χ4n) is 3.43. The van der Waals surface area contributed by atoms with Crippen molar-refractivity contribution in [1.82, 2.24) is 9.88 Å². The van der Waals surface area contributed by atoms with Crippen molar-refractivity contribution >= 4 is 15.7 Å². The minimum absolute atomic E-state index is 0.0696. The van der Waals surface area contributed by atoms with Gasteiger partial charge in [0.05, 0.1) is 17.4 Å². The van der Waals surface area contributed by atoms with Gasteiger partial charge in [0.1, 0.15) is 0 Å². The van der Waals surface area contributed by atoms with E-state index < -0.39 is 15.8 Å². The highest BCUT2D eigenvalue weighted by atomic mass is 32.2. The number of hydrogen-bond donors (Lipinski definition) is 0. The van der Waals surface area contributed by atoms with Crippen molar-refractivity contribution in [2.45, 2.75) is 19.5 Å². The first-order chi connectivity index (χ1) is 13.0. The summed E-state index contributed by atoms with van der Waals surface area (Å²) >= 11 is 0. The molecule has 3 heterocycles. The summed E-state index contributed by atoms with van der Waals surface area (Å²) in [5.41, 5.74) is 1.85. The van der Waals surface area contributed by atoms with Crippen molar-refractivity contribution in [1.29, 1.82) is 0 Å². The fourth-order valence-corrected chi connectivity index (χ4v) is 5.16. The van der Waals surface area contributed by atoms with Crippen molar-refractivity contribution in [2.75, 3.05) is 18.3 Å². The number of hydrogen-bond acceptors (Lipinski definition) is 6. The van der Waals surface area contributed by atoms with Gasteiger partial charge >= 0.3 is 0 Å². The molecule has 1 atom stereocenters. The van der Waals surface area contributed by atoms with Gasteiger partial charge in [-0.2, -0.15) is 0 Å². The first-order valence-corrected chi connectivity index (χ1v) is 10.6. The van der Waals surface area contributed by atoms with E-state index in [1.54, 1.807) is 17.3 Å². The van der Waals surface area contributed by atoms with E-state index in [4.69, 9.17) is 9.47 Å². The molecule has 7 nitrogen and oxygen atoms in total. The predicted octanol–water partition coefficient (Wildman–Crippen LogP) is 1.77. The Labute approximate surface area is 157 Å². The van der Waals surface area contributed by atoms with Crippen molar-refractivity contribution in [3.8, 4) is 11.5 Å². The van der Waals surface area contributed by atoms with Gasteiger partial charge in [-0.25, -0.2) is 8.42 Å². The van der Waals surface area contributed by atoms with Gasteiger partial charge in [-0.3, -0.25) is 9.78 Å². The Morgan fingerprint density at radius 2 is 1.81 bits per heavy atom. The normalized spacial score (nSPS) is 19.8. The molecule has 0 radical (unpaired) electrons. The summed E-state index contributed by atoms with van der Waals surface area (Å²) in [6.07, 6.45) is 3.74. The molecule has 142 valence electrons. The minimum Gasteiger partial charge on any atom is -0.454 e. The smallest absolute Gasteiger partial charge is 0.231 e. The molecule has 1 aromatic heterocycles. The van der Waals surface area contributed by atoms with Crippen LogP contribution in [0.2, 0.25) is 0 Å². The number of rotatable bonds is 5. The second-order valence-corrected chi connectivity index (χ2v) is 9.07. The van der Waals surface area contributed by atoms with E-state index in [0.29, 0.717) is 31.0 Å². The topological polar surface area (TPSA) is 85.8 Å². The van der Waals surface area contributed by atoms with Crippen molar-refractivity contribution in [3.05, 3.63) is 53.9 Å². The number of pyridine rings is 1. The Kier molecular flexibility index (Phi) is 4.73. The van der Waals surface area contributed by atoms with Crippen LogP contribution in [0.4, 0.5) is 0 Å². The first-order valence-electron chi connectivity index (χ1n) is 8.77. The molecule has 0 N–H and O–H groups in total. The van der Waals surface area contributed by atoms with Crippen LogP contribution < -0.4 is 9.47 Å². The number of carbonyl (C=O) groups excluding carboxylic acids is 1. The quantitative estimate of drug-likeness (QED) is 0.776. The van der Waals surface area contributed by atoms with Crippen LogP contribution in [-0.4, -0.2) is 42.5 Å². The highest BCUT2D eigenvalue weighted by molar-refractivity contribution is 7.91. The van der Waals surface area contributed by atoms with Gasteiger partial charge in [0.2, 0.25) is 12.7 Å². The van der Waals surface area contributed by atoms with Crippen LogP contribution in [0.3, 0.4) is 0 Å². The lowest BCUT2D eigenvalue weighted by Crippen LogP contribution is -2.36. The number of nitrogens with zero attached hydrogens (tertiary/aromatic N) is 2. The molecule has 1 amide bonds. The van der Waals surface area contributed by atoms with Crippen LogP contribution in [0.15, 0.2) is 42.7 Å². The Balaban J connectivity index is 1.56. The van der Waals surface area contributed by atoms with Gasteiger partial charge in [-0.15, -0.1) is 0 Å². The lowest BCUT2D eigenvalue weighted by atomic mass is 10.1. The first kappa shape index (κ1) is 17.8. The molecule has 1 saturated heterocycles. The molecule has 2 aliphatic heterocycles. The zero-order chi connectivity index (χ0) is 18.9. The maximum absolute atomic E-state index is 13.1. The second kappa shape index (κ2) is 7.19. The fraction of sp³-hybridized carbons (Fsp3) is 0.368. The zero-order valence-corrected chi connectivity index (χ0v) is 15.5. The molecule has 1 fully saturated rings. The molecule has 0 unspecified atom stereocenters. The van der Waals surface area contributed by atoms with E-state index >= 15 is 0 Å². The summed E-state index contributed by atoms with van der Waals surface area (Å²) in [4.78, 5) is 18.8. The van der Waals surface area contributed by atoms with Crippen LogP contribution in [-0.2, 0) is 27.7 Å². The van der Waals surface area contributed by atoms with E-state index in [1.807, 2.05) is 30.3 Å². The Bertz CT molecular complexity index is 946. The standard InChI is InChI=1S/C19H20N2O5S/c22-19(16-5-8-27(23,24)12-16)21(10-14-3-6-20-7-4-14)11-15-1-2-17-18(9-15)26-13-25-17/h1-4,6-7,9,16H,5,8,10-13H2/t16-/m1/s1. The molecular weight excluding hydrogens is 368 g/mol. The summed E-state index contributed by atoms with van der Waals surface area (Å²) in [6, 6.07) is 9.29. The summed E-state index contributed by atoms with van der Waals surface area (Å²) < 4.78 is 34.3. The molecule has 0 spiro atoms. The number of amides is 1. The van der Waals surface area contributed by atoms with Crippen LogP contribution in [0.1, 0.15) is 17.5 Å². The predicted molar refractivity (Wildman–Crippen MR) is 97.8 cm³/mol. The Morgan fingerprint density at radius 1 is 1.07 bits per heavy atom. The average Bonchev–Trinajstić information content (AvgIpc) is 3.27. The Morgan fingerprint density at radius 3 is 2.56 bits per heavy atom. The van der Waals surface area contributed by atoms with Crippen LogP contribution in [0, 0.1) is 5.92 Å². The molecule has 27 heavy (non-hydrogen) atoms. The number of sulfone groups is 1. The average molecular weight is 388 g/mol. The van der Waals surface area contributed by atoms with Gasteiger partial charge in [0, 0.05) is 25.5 Å². The zero-order valence-electron chi connectivity index (χ0n) is 14.7. The summed E-state index contributed by atoms with van der Waals surface area (Å²) in [7, 11) is -3.12. The number of carbonyl (C=O) groups is 1. The van der Waals surface area contributed by atoms with Gasteiger partial charge in [0.25, 0.3) is 0 Å². The molecule has 2 aromatic rings. The van der Waals surface area contributed by atoms with Crippen molar-refractivity contribution in [3.63, 3.8) is 0 Å². The van der Waals surface area contributed by atoms with E-state index in [0.717, 1.165) is 11.1 Å². The highest BCUT2D eigenvalue weighted by Gasteiger charge is 2.35. The third kappa shape index (κ3) is 4.05. The summed E-state index contributed by atoms with van der Waals surface area (Å²) in [6.45, 7) is 0.957. The lowest BCUT2D eigenvalue weighted by Gasteiger charge is -2.25. The van der Waals surface area contributed by atoms with E-state index in [-0.39, 0.29) is 24.2 Å². The van der Waals surface area contributed by atoms with E-state index in [1.165, 1.54) is 0 Å². The van der Waals surface area contributed by atoms with Crippen LogP contribution >= 0.6 is 0 Å². The third-order valence-corrected chi connectivity index (χ3v) is 6.59. The van der Waals surface area contributed by atoms with E-state index in [9.17, 15) is 13.2 Å². The SMILES string of the molecule is O=C([C@@H]1CCS(=O)(=O)C1)N(Cc1ccncc1)Cc1ccc2c(c1)OCO2. The number of ether oxygens (including phenoxy) is 2. The minimum atomic E-state index is -3.12. The number of aromatic nitrogens is 1. The lowest BCUT2D eigenvalue weighted by molar-refractivity contribution is -0.136. The molecular formula is C19H20N2O5S. The summed E-state index contributed by atoms with van der Waals surface area (Å²) in [5.74, 6) is 0.743. The second-order valence-electron chi connectivity index (χ2n) is 6.84. The maximum atomic E-state index is 13.1. The van der Waals surface area contributed by atoms with E-state index in [2.05, 4.69) is 4.98 Å². The molecule has 2 aliphatic rings. The van der Waals surface area contributed by atoms with Gasteiger partial charge in [-0.05, 0) is 41.8 Å². The van der Waals surface area contributed by atoms with Crippen molar-refractivity contribution < 1.29 is 22.7 Å². The molecule has 8 heteroatoms. The largest absolute Gasteiger partial charge is 0.454 e. The third-order valence-electron chi connectivity index (χ3n) is 4.83.